The average molecular weight is 150 g/mol. The van der Waals surface area contributed by atoms with E-state index in [0.717, 1.165) is 13.0 Å². The lowest BCUT2D eigenvalue weighted by atomic mass is 10.1. The molecule has 2 nitrogen and oxygen atoms in total. The number of hydrogen-bond donors (Lipinski definition) is 1. The molecule has 0 amide bonds. The van der Waals surface area contributed by atoms with Crippen LogP contribution >= 0.6 is 0 Å². The molecule has 0 aliphatic rings. The standard InChI is InChI=1S/C9H14N2/c1-3-8-7-11-5-4-9(8)6-10-2/h4-5,7,10H,3,6H2,1-2H3. The van der Waals surface area contributed by atoms with Gasteiger partial charge in [-0.05, 0) is 30.7 Å². The molecule has 0 atom stereocenters. The van der Waals surface area contributed by atoms with Crippen LogP contribution in [0, 0.1) is 0 Å². The summed E-state index contributed by atoms with van der Waals surface area (Å²) < 4.78 is 0. The van der Waals surface area contributed by atoms with Crippen LogP contribution in [-0.2, 0) is 13.0 Å². The van der Waals surface area contributed by atoms with Gasteiger partial charge >= 0.3 is 0 Å². The van der Waals surface area contributed by atoms with Crippen LogP contribution in [0.3, 0.4) is 0 Å². The van der Waals surface area contributed by atoms with E-state index in [4.69, 9.17) is 0 Å². The van der Waals surface area contributed by atoms with Gasteiger partial charge in [-0.15, -0.1) is 0 Å². The number of hydrogen-bond acceptors (Lipinski definition) is 2. The normalized spacial score (nSPS) is 10.0. The van der Waals surface area contributed by atoms with E-state index in [0.29, 0.717) is 0 Å². The molecule has 0 saturated carbocycles. The van der Waals surface area contributed by atoms with Gasteiger partial charge in [-0.25, -0.2) is 0 Å². The number of nitrogens with one attached hydrogen (secondary N) is 1. The maximum atomic E-state index is 4.07. The molecular weight excluding hydrogens is 136 g/mol. The molecule has 1 N–H and O–H groups in total. The van der Waals surface area contributed by atoms with E-state index in [1.807, 2.05) is 19.4 Å². The summed E-state index contributed by atoms with van der Waals surface area (Å²) in [6, 6.07) is 2.06. The second-order valence-corrected chi connectivity index (χ2v) is 2.53. The van der Waals surface area contributed by atoms with Gasteiger partial charge in [0.05, 0.1) is 0 Å². The maximum absolute atomic E-state index is 4.07. The van der Waals surface area contributed by atoms with E-state index < -0.39 is 0 Å². The Morgan fingerprint density at radius 1 is 1.45 bits per heavy atom. The molecule has 0 saturated heterocycles. The molecule has 2 heteroatoms. The number of nitrogens with zero attached hydrogens (tertiary/aromatic N) is 1. The second-order valence-electron chi connectivity index (χ2n) is 2.53. The third-order valence-corrected chi connectivity index (χ3v) is 1.75. The first-order valence-electron chi connectivity index (χ1n) is 3.94. The number of aromatic nitrogens is 1. The van der Waals surface area contributed by atoms with Gasteiger partial charge in [-0.3, -0.25) is 4.98 Å². The molecule has 1 aromatic heterocycles. The van der Waals surface area contributed by atoms with E-state index in [2.05, 4.69) is 23.3 Å². The van der Waals surface area contributed by atoms with Crippen molar-refractivity contribution < 1.29 is 0 Å². The summed E-state index contributed by atoms with van der Waals surface area (Å²) in [6.07, 6.45) is 4.84. The minimum absolute atomic E-state index is 0.936. The van der Waals surface area contributed by atoms with Gasteiger partial charge < -0.3 is 5.32 Å². The van der Waals surface area contributed by atoms with Crippen molar-refractivity contribution in [2.24, 2.45) is 0 Å². The van der Waals surface area contributed by atoms with Gasteiger partial charge in [0.1, 0.15) is 0 Å². The van der Waals surface area contributed by atoms with Crippen molar-refractivity contribution >= 4 is 0 Å². The smallest absolute Gasteiger partial charge is 0.0302 e. The Hall–Kier alpha value is -0.890. The summed E-state index contributed by atoms with van der Waals surface area (Å²) >= 11 is 0. The van der Waals surface area contributed by atoms with Crippen LogP contribution in [0.15, 0.2) is 18.5 Å². The fraction of sp³-hybridized carbons (Fsp3) is 0.444. The highest BCUT2D eigenvalue weighted by atomic mass is 14.8. The first-order chi connectivity index (χ1) is 5.38. The molecule has 0 bridgehead atoms. The summed E-state index contributed by atoms with van der Waals surface area (Å²) in [5, 5.41) is 3.13. The molecular formula is C9H14N2. The monoisotopic (exact) mass is 150 g/mol. The summed E-state index contributed by atoms with van der Waals surface area (Å²) in [4.78, 5) is 4.07. The van der Waals surface area contributed by atoms with Crippen molar-refractivity contribution in [3.63, 3.8) is 0 Å². The van der Waals surface area contributed by atoms with Crippen LogP contribution < -0.4 is 5.32 Å². The van der Waals surface area contributed by atoms with Gasteiger partial charge in [0.2, 0.25) is 0 Å². The first kappa shape index (κ1) is 8.21. The van der Waals surface area contributed by atoms with Crippen LogP contribution in [-0.4, -0.2) is 12.0 Å². The first-order valence-corrected chi connectivity index (χ1v) is 3.94. The molecule has 11 heavy (non-hydrogen) atoms. The molecule has 1 aromatic rings. The molecule has 0 aromatic carbocycles. The summed E-state index contributed by atoms with van der Waals surface area (Å²) in [5.41, 5.74) is 2.69. The van der Waals surface area contributed by atoms with Crippen LogP contribution in [0.25, 0.3) is 0 Å². The van der Waals surface area contributed by atoms with E-state index in [1.165, 1.54) is 11.1 Å². The third kappa shape index (κ3) is 2.02. The third-order valence-electron chi connectivity index (χ3n) is 1.75. The highest BCUT2D eigenvalue weighted by molar-refractivity contribution is 5.22. The lowest BCUT2D eigenvalue weighted by Crippen LogP contribution is -2.07. The predicted octanol–water partition coefficient (Wildman–Crippen LogP) is 1.36. The van der Waals surface area contributed by atoms with Crippen molar-refractivity contribution in [3.8, 4) is 0 Å². The van der Waals surface area contributed by atoms with Crippen molar-refractivity contribution in [1.82, 2.24) is 10.3 Å². The molecule has 0 unspecified atom stereocenters. The molecule has 0 spiro atoms. The van der Waals surface area contributed by atoms with Crippen molar-refractivity contribution in [1.29, 1.82) is 0 Å². The highest BCUT2D eigenvalue weighted by Crippen LogP contribution is 2.06. The molecule has 0 radical (unpaired) electrons. The molecule has 0 fully saturated rings. The van der Waals surface area contributed by atoms with E-state index in [-0.39, 0.29) is 0 Å². The van der Waals surface area contributed by atoms with Crippen LogP contribution in [0.2, 0.25) is 0 Å². The maximum Gasteiger partial charge on any atom is 0.0302 e. The van der Waals surface area contributed by atoms with Gasteiger partial charge in [0, 0.05) is 18.9 Å². The minimum Gasteiger partial charge on any atom is -0.316 e. The average Bonchev–Trinajstić information content (AvgIpc) is 2.06. The van der Waals surface area contributed by atoms with Gasteiger partial charge in [0.25, 0.3) is 0 Å². The van der Waals surface area contributed by atoms with Crippen LogP contribution in [0.1, 0.15) is 18.1 Å². The largest absolute Gasteiger partial charge is 0.316 e. The summed E-state index contributed by atoms with van der Waals surface area (Å²) in [5.74, 6) is 0. The Kier molecular flexibility index (Phi) is 3.05. The Morgan fingerprint density at radius 2 is 2.27 bits per heavy atom. The summed E-state index contributed by atoms with van der Waals surface area (Å²) in [6.45, 7) is 3.09. The second kappa shape index (κ2) is 4.09. The van der Waals surface area contributed by atoms with Crippen LogP contribution in [0.5, 0.6) is 0 Å². The molecule has 60 valence electrons. The Balaban J connectivity index is 2.83. The minimum atomic E-state index is 0.936. The van der Waals surface area contributed by atoms with Gasteiger partial charge in [-0.1, -0.05) is 6.92 Å². The van der Waals surface area contributed by atoms with Gasteiger partial charge in [0.15, 0.2) is 0 Å². The zero-order chi connectivity index (χ0) is 8.10. The van der Waals surface area contributed by atoms with Crippen molar-refractivity contribution in [2.45, 2.75) is 19.9 Å². The lowest BCUT2D eigenvalue weighted by molar-refractivity contribution is 0.802. The Labute approximate surface area is 67.7 Å². The van der Waals surface area contributed by atoms with Crippen LogP contribution in [0.4, 0.5) is 0 Å². The number of pyridine rings is 1. The Morgan fingerprint density at radius 3 is 2.91 bits per heavy atom. The zero-order valence-electron chi connectivity index (χ0n) is 7.09. The zero-order valence-corrected chi connectivity index (χ0v) is 7.09. The van der Waals surface area contributed by atoms with Gasteiger partial charge in [-0.2, -0.15) is 0 Å². The molecule has 0 aliphatic heterocycles. The number of rotatable bonds is 3. The van der Waals surface area contributed by atoms with Crippen molar-refractivity contribution in [2.75, 3.05) is 7.05 Å². The summed E-state index contributed by atoms with van der Waals surface area (Å²) in [7, 11) is 1.96. The number of aryl methyl sites for hydroxylation is 1. The quantitative estimate of drug-likeness (QED) is 0.703. The highest BCUT2D eigenvalue weighted by Gasteiger charge is 1.96. The van der Waals surface area contributed by atoms with E-state index in [1.54, 1.807) is 0 Å². The topological polar surface area (TPSA) is 24.9 Å². The van der Waals surface area contributed by atoms with Crippen molar-refractivity contribution in [3.05, 3.63) is 29.6 Å². The fourth-order valence-electron chi connectivity index (χ4n) is 1.14. The fourth-order valence-corrected chi connectivity index (χ4v) is 1.14. The lowest BCUT2D eigenvalue weighted by Gasteiger charge is -2.04. The molecule has 0 aliphatic carbocycles. The molecule has 1 heterocycles. The molecule has 1 rings (SSSR count). The Bertz CT molecular complexity index is 221. The SMILES string of the molecule is CCc1cnccc1CNC. The van der Waals surface area contributed by atoms with E-state index >= 15 is 0 Å². The van der Waals surface area contributed by atoms with E-state index in [9.17, 15) is 0 Å². The predicted molar refractivity (Wildman–Crippen MR) is 46.4 cm³/mol.